The summed E-state index contributed by atoms with van der Waals surface area (Å²) in [5.74, 6) is -0.198. The summed E-state index contributed by atoms with van der Waals surface area (Å²) in [5.41, 5.74) is 5.36. The highest BCUT2D eigenvalue weighted by molar-refractivity contribution is 7.47. The molecule has 9 heteroatoms. The third kappa shape index (κ3) is 35.4. The Morgan fingerprint density at radius 1 is 0.640 bits per heavy atom. The molecule has 0 spiro atoms. The van der Waals surface area contributed by atoms with Gasteiger partial charge in [-0.05, 0) is 44.9 Å². The molecule has 3 atom stereocenters. The van der Waals surface area contributed by atoms with E-state index < -0.39 is 20.0 Å². The van der Waals surface area contributed by atoms with Crippen LogP contribution in [0, 0.1) is 0 Å². The van der Waals surface area contributed by atoms with E-state index in [0.717, 1.165) is 38.5 Å². The number of hydrogen-bond donors (Lipinski definition) is 4. The lowest BCUT2D eigenvalue weighted by atomic mass is 10.0. The summed E-state index contributed by atoms with van der Waals surface area (Å²) < 4.78 is 22.0. The number of allylic oxidation sites excluding steroid dienone is 3. The van der Waals surface area contributed by atoms with Gasteiger partial charge < -0.3 is 21.1 Å². The molecular weight excluding hydrogens is 647 g/mol. The first kappa shape index (κ1) is 49.0. The van der Waals surface area contributed by atoms with Crippen LogP contribution in [0.15, 0.2) is 24.3 Å². The first-order valence-corrected chi connectivity index (χ1v) is 22.5. The Bertz CT molecular complexity index is 840. The quantitative estimate of drug-likeness (QED) is 0.0281. The molecule has 296 valence electrons. The summed E-state index contributed by atoms with van der Waals surface area (Å²) in [6.07, 6.45) is 42.3. The van der Waals surface area contributed by atoms with Gasteiger partial charge in [-0.25, -0.2) is 4.57 Å². The van der Waals surface area contributed by atoms with Crippen LogP contribution in [0.1, 0.15) is 200 Å². The molecule has 0 aliphatic carbocycles. The second kappa shape index (κ2) is 37.7. The van der Waals surface area contributed by atoms with Crippen molar-refractivity contribution in [1.29, 1.82) is 0 Å². The maximum atomic E-state index is 12.7. The Hall–Kier alpha value is -1.02. The minimum Gasteiger partial charge on any atom is -0.387 e. The van der Waals surface area contributed by atoms with Gasteiger partial charge in [0.05, 0.1) is 25.4 Å². The number of aliphatic hydroxyl groups is 1. The smallest absolute Gasteiger partial charge is 0.387 e. The first-order valence-electron chi connectivity index (χ1n) is 21.0. The molecule has 50 heavy (non-hydrogen) atoms. The molecule has 0 aliphatic heterocycles. The van der Waals surface area contributed by atoms with Crippen LogP contribution in [0.2, 0.25) is 0 Å². The molecule has 0 rings (SSSR count). The van der Waals surface area contributed by atoms with Crippen molar-refractivity contribution in [2.24, 2.45) is 5.73 Å². The zero-order valence-corrected chi connectivity index (χ0v) is 33.5. The Balaban J connectivity index is 4.11. The molecule has 8 nitrogen and oxygen atoms in total. The normalized spacial score (nSPS) is 14.4. The lowest BCUT2D eigenvalue weighted by Gasteiger charge is -2.23. The number of carbonyl (C=O) groups is 1. The van der Waals surface area contributed by atoms with E-state index >= 15 is 0 Å². The summed E-state index contributed by atoms with van der Waals surface area (Å²) in [4.78, 5) is 22.6. The van der Waals surface area contributed by atoms with Crippen LogP contribution < -0.4 is 11.1 Å². The maximum absolute atomic E-state index is 12.7. The Morgan fingerprint density at radius 2 is 1.04 bits per heavy atom. The van der Waals surface area contributed by atoms with Crippen molar-refractivity contribution in [3.63, 3.8) is 0 Å². The van der Waals surface area contributed by atoms with Gasteiger partial charge in [0.15, 0.2) is 0 Å². The summed E-state index contributed by atoms with van der Waals surface area (Å²) >= 11 is 0. The lowest BCUT2D eigenvalue weighted by Crippen LogP contribution is -2.45. The van der Waals surface area contributed by atoms with Crippen molar-refractivity contribution in [2.45, 2.75) is 212 Å². The minimum atomic E-state index is -4.33. The highest BCUT2D eigenvalue weighted by Gasteiger charge is 2.26. The van der Waals surface area contributed by atoms with Gasteiger partial charge >= 0.3 is 7.82 Å². The van der Waals surface area contributed by atoms with E-state index in [-0.39, 0.29) is 25.7 Å². The fourth-order valence-electron chi connectivity index (χ4n) is 6.07. The fourth-order valence-corrected chi connectivity index (χ4v) is 6.83. The fraction of sp³-hybridized carbons (Fsp3) is 0.878. The van der Waals surface area contributed by atoms with Crippen LogP contribution in [-0.2, 0) is 18.4 Å². The number of phosphoric ester groups is 1. The molecule has 0 aromatic rings. The summed E-state index contributed by atoms with van der Waals surface area (Å²) in [7, 11) is -4.33. The van der Waals surface area contributed by atoms with Gasteiger partial charge in [-0.15, -0.1) is 0 Å². The van der Waals surface area contributed by atoms with Crippen molar-refractivity contribution in [3.8, 4) is 0 Å². The molecule has 0 bridgehead atoms. The van der Waals surface area contributed by atoms with Gasteiger partial charge in [-0.3, -0.25) is 13.8 Å². The SMILES string of the molecule is CCCCCCCCCC/C=C\CCCCCCCCCCCC(=O)NC(COP(=O)(O)OCCN)C(O)/C=C/CCCCCCCCCC. The average molecular weight is 729 g/mol. The predicted octanol–water partition coefficient (Wildman–Crippen LogP) is 11.4. The van der Waals surface area contributed by atoms with Crippen LogP contribution >= 0.6 is 7.82 Å². The van der Waals surface area contributed by atoms with Crippen LogP contribution in [0.3, 0.4) is 0 Å². The highest BCUT2D eigenvalue weighted by Crippen LogP contribution is 2.43. The number of nitrogens with two attached hydrogens (primary N) is 1. The van der Waals surface area contributed by atoms with Crippen molar-refractivity contribution in [1.82, 2.24) is 5.32 Å². The van der Waals surface area contributed by atoms with E-state index in [2.05, 4.69) is 31.3 Å². The summed E-state index contributed by atoms with van der Waals surface area (Å²) in [6.45, 7) is 4.11. The Labute approximate surface area is 308 Å². The van der Waals surface area contributed by atoms with E-state index in [0.29, 0.717) is 6.42 Å². The Morgan fingerprint density at radius 3 is 1.48 bits per heavy atom. The maximum Gasteiger partial charge on any atom is 0.472 e. The van der Waals surface area contributed by atoms with Gasteiger partial charge in [-0.2, -0.15) is 0 Å². The molecule has 1 amide bonds. The molecule has 0 fully saturated rings. The van der Waals surface area contributed by atoms with Crippen LogP contribution in [0.25, 0.3) is 0 Å². The number of unbranched alkanes of at least 4 members (excludes halogenated alkanes) is 25. The second-order valence-corrected chi connectivity index (χ2v) is 15.7. The molecular formula is C41H81N2O6P. The number of rotatable bonds is 39. The van der Waals surface area contributed by atoms with Crippen molar-refractivity contribution >= 4 is 13.7 Å². The van der Waals surface area contributed by atoms with E-state index in [9.17, 15) is 19.4 Å². The molecule has 3 unspecified atom stereocenters. The number of amides is 1. The molecule has 0 radical (unpaired) electrons. The monoisotopic (exact) mass is 729 g/mol. The zero-order chi connectivity index (χ0) is 36.8. The molecule has 0 saturated carbocycles. The van der Waals surface area contributed by atoms with E-state index in [1.54, 1.807) is 6.08 Å². The minimum absolute atomic E-state index is 0.0789. The topological polar surface area (TPSA) is 131 Å². The van der Waals surface area contributed by atoms with E-state index in [1.165, 1.54) is 141 Å². The highest BCUT2D eigenvalue weighted by atomic mass is 31.2. The number of aliphatic hydroxyl groups excluding tert-OH is 1. The van der Waals surface area contributed by atoms with Gasteiger partial charge in [-0.1, -0.05) is 173 Å². The molecule has 0 aromatic carbocycles. The molecule has 0 heterocycles. The lowest BCUT2D eigenvalue weighted by molar-refractivity contribution is -0.123. The first-order chi connectivity index (χ1) is 24.4. The average Bonchev–Trinajstić information content (AvgIpc) is 3.10. The predicted molar refractivity (Wildman–Crippen MR) is 212 cm³/mol. The van der Waals surface area contributed by atoms with Gasteiger partial charge in [0.25, 0.3) is 0 Å². The number of phosphoric acid groups is 1. The van der Waals surface area contributed by atoms with Crippen LogP contribution in [0.4, 0.5) is 0 Å². The largest absolute Gasteiger partial charge is 0.472 e. The van der Waals surface area contributed by atoms with Gasteiger partial charge in [0, 0.05) is 13.0 Å². The molecule has 0 saturated heterocycles. The number of carbonyl (C=O) groups excluding carboxylic acids is 1. The molecule has 0 aliphatic rings. The molecule has 0 aromatic heterocycles. The van der Waals surface area contributed by atoms with E-state index in [4.69, 9.17) is 14.8 Å². The third-order valence-corrected chi connectivity index (χ3v) is 10.3. The van der Waals surface area contributed by atoms with Gasteiger partial charge in [0.1, 0.15) is 0 Å². The summed E-state index contributed by atoms with van der Waals surface area (Å²) in [5, 5.41) is 13.6. The Kier molecular flexibility index (Phi) is 37.0. The van der Waals surface area contributed by atoms with E-state index in [1.807, 2.05) is 6.08 Å². The summed E-state index contributed by atoms with van der Waals surface area (Å²) in [6, 6.07) is -0.857. The van der Waals surface area contributed by atoms with Crippen molar-refractivity contribution in [2.75, 3.05) is 19.8 Å². The second-order valence-electron chi connectivity index (χ2n) is 14.2. The van der Waals surface area contributed by atoms with Crippen molar-refractivity contribution in [3.05, 3.63) is 24.3 Å². The third-order valence-electron chi connectivity index (χ3n) is 9.27. The van der Waals surface area contributed by atoms with Gasteiger partial charge in [0.2, 0.25) is 5.91 Å². The van der Waals surface area contributed by atoms with Crippen LogP contribution in [0.5, 0.6) is 0 Å². The van der Waals surface area contributed by atoms with Crippen molar-refractivity contribution < 1.29 is 28.4 Å². The molecule has 5 N–H and O–H groups in total. The number of nitrogens with one attached hydrogen (secondary N) is 1. The van der Waals surface area contributed by atoms with Crippen LogP contribution in [-0.4, -0.2) is 47.8 Å². The number of hydrogen-bond acceptors (Lipinski definition) is 6. The standard InChI is InChI=1S/C41H81N2O6P/c1-3-5-7-9-11-13-15-16-17-18-19-20-21-22-23-24-25-27-29-31-33-35-41(45)43-39(38-49-50(46,47)48-37-36-42)40(44)34-32-30-28-26-14-12-10-8-6-4-2/h18-19,32,34,39-40,44H,3-17,20-31,33,35-38,42H2,1-2H3,(H,43,45)(H,46,47)/b19-18-,34-32+. The zero-order valence-electron chi connectivity index (χ0n) is 32.6.